The average Bonchev–Trinajstić information content (AvgIpc) is 3.64. The van der Waals surface area contributed by atoms with Gasteiger partial charge < -0.3 is 36.7 Å². The average molecular weight is 794 g/mol. The lowest BCUT2D eigenvalue weighted by molar-refractivity contribution is -0.154. The summed E-state index contributed by atoms with van der Waals surface area (Å²) in [5.41, 5.74) is 8.95. The highest BCUT2D eigenvalue weighted by Gasteiger charge is 2.42. The number of unbranched alkanes of at least 4 members (excludes halogenated alkanes) is 1. The number of aromatic amines is 1. The fourth-order valence-corrected chi connectivity index (χ4v) is 6.97. The molecule has 0 radical (unpaired) electrons. The van der Waals surface area contributed by atoms with Gasteiger partial charge in [-0.3, -0.25) is 28.9 Å². The third kappa shape index (κ3) is 12.2. The summed E-state index contributed by atoms with van der Waals surface area (Å²) in [5, 5.41) is 12.1. The standard InChI is InChI=1S/C44H55N7O7/c1-29(2)22-24-46-40(53)36(26-32-27-47-34-18-10-9-17-33(32)34)48-42(55)38(19-11-12-23-45)51-39(52)21-20-35(50-44(57)58-28-31-15-7-4-8-16-31)41(54)49-37(43(51)56)25-30-13-5-3-6-14-30/h3-10,13-18,27,29,35-38,47H,11-12,19-26,28,45H2,1-2H3,(H,46,53)(H,48,55)(H,49,54)(H,50,57)/t35-,36+,37-,38+/m1/s1. The molecule has 6 amide bonds. The van der Waals surface area contributed by atoms with Crippen LogP contribution in [0, 0.1) is 5.92 Å². The van der Waals surface area contributed by atoms with Gasteiger partial charge in [-0.25, -0.2) is 4.79 Å². The third-order valence-electron chi connectivity index (χ3n) is 10.2. The zero-order valence-corrected chi connectivity index (χ0v) is 33.2. The van der Waals surface area contributed by atoms with Crippen molar-refractivity contribution in [2.24, 2.45) is 11.7 Å². The maximum absolute atomic E-state index is 14.7. The quantitative estimate of drug-likeness (QED) is 0.0640. The fraction of sp³-hybridized carbons (Fsp3) is 0.409. The van der Waals surface area contributed by atoms with Gasteiger partial charge in [0.2, 0.25) is 23.6 Å². The van der Waals surface area contributed by atoms with Crippen molar-refractivity contribution >= 4 is 46.5 Å². The predicted molar refractivity (Wildman–Crippen MR) is 220 cm³/mol. The highest BCUT2D eigenvalue weighted by atomic mass is 16.5. The summed E-state index contributed by atoms with van der Waals surface area (Å²) in [6.07, 6.45) is 2.24. The SMILES string of the molecule is CC(C)CCNC(=O)[C@H](Cc1c[nH]c2ccccc12)NC(=O)[C@H](CCCCN)N1C(=O)CC[C@@H](NC(=O)OCc2ccccc2)C(=O)N[C@H](Cc2ccccc2)C1=O. The molecule has 1 aromatic heterocycles. The molecule has 1 fully saturated rings. The van der Waals surface area contributed by atoms with Crippen LogP contribution in [0.3, 0.4) is 0 Å². The fourth-order valence-electron chi connectivity index (χ4n) is 6.97. The molecule has 0 bridgehead atoms. The summed E-state index contributed by atoms with van der Waals surface area (Å²) in [7, 11) is 0. The molecular weight excluding hydrogens is 739 g/mol. The molecule has 14 nitrogen and oxygen atoms in total. The Balaban J connectivity index is 1.44. The smallest absolute Gasteiger partial charge is 0.408 e. The Bertz CT molecular complexity index is 2000. The van der Waals surface area contributed by atoms with Gasteiger partial charge in [0, 0.05) is 42.9 Å². The molecule has 4 aromatic rings. The van der Waals surface area contributed by atoms with Crippen LogP contribution in [-0.4, -0.2) is 82.8 Å². The highest BCUT2D eigenvalue weighted by Crippen LogP contribution is 2.22. The minimum atomic E-state index is -1.34. The molecule has 0 spiro atoms. The number of nitrogens with two attached hydrogens (primary N) is 1. The van der Waals surface area contributed by atoms with Crippen LogP contribution in [-0.2, 0) is 48.2 Å². The topological polar surface area (TPSA) is 205 Å². The van der Waals surface area contributed by atoms with Crippen LogP contribution in [0.4, 0.5) is 4.79 Å². The second-order valence-corrected chi connectivity index (χ2v) is 15.0. The van der Waals surface area contributed by atoms with E-state index < -0.39 is 59.8 Å². The predicted octanol–water partition coefficient (Wildman–Crippen LogP) is 4.03. The Hall–Kier alpha value is -6.02. The summed E-state index contributed by atoms with van der Waals surface area (Å²) in [4.78, 5) is 88.3. The number of carbonyl (C=O) groups is 6. The number of benzene rings is 3. The van der Waals surface area contributed by atoms with Crippen molar-refractivity contribution in [3.05, 3.63) is 108 Å². The first-order chi connectivity index (χ1) is 28.0. The lowest BCUT2D eigenvalue weighted by Gasteiger charge is -2.33. The van der Waals surface area contributed by atoms with E-state index in [2.05, 4.69) is 26.3 Å². The van der Waals surface area contributed by atoms with Crippen LogP contribution in [0.2, 0.25) is 0 Å². The normalized spacial score (nSPS) is 17.1. The van der Waals surface area contributed by atoms with E-state index in [1.54, 1.807) is 54.7 Å². The van der Waals surface area contributed by atoms with E-state index in [0.717, 1.165) is 33.4 Å². The first-order valence-corrected chi connectivity index (χ1v) is 20.0. The van der Waals surface area contributed by atoms with Crippen LogP contribution in [0.25, 0.3) is 10.9 Å². The number of para-hydroxylation sites is 1. The van der Waals surface area contributed by atoms with E-state index in [-0.39, 0.29) is 38.7 Å². The molecule has 5 rings (SSSR count). The first-order valence-electron chi connectivity index (χ1n) is 20.0. The minimum absolute atomic E-state index is 0.00104. The molecule has 3 aromatic carbocycles. The van der Waals surface area contributed by atoms with Crippen LogP contribution in [0.1, 0.15) is 69.1 Å². The number of hydrogen-bond donors (Lipinski definition) is 6. The Kier molecular flexibility index (Phi) is 16.0. The van der Waals surface area contributed by atoms with Crippen molar-refractivity contribution < 1.29 is 33.5 Å². The van der Waals surface area contributed by atoms with Crippen LogP contribution in [0.5, 0.6) is 0 Å². The van der Waals surface area contributed by atoms with Crippen molar-refractivity contribution in [2.45, 2.75) is 96.0 Å². The van der Waals surface area contributed by atoms with Crippen LogP contribution >= 0.6 is 0 Å². The lowest BCUT2D eigenvalue weighted by atomic mass is 10.00. The van der Waals surface area contributed by atoms with Crippen molar-refractivity contribution in [2.75, 3.05) is 13.1 Å². The van der Waals surface area contributed by atoms with Crippen molar-refractivity contribution in [1.29, 1.82) is 0 Å². The first kappa shape index (κ1) is 43.1. The van der Waals surface area contributed by atoms with Gasteiger partial charge in [0.05, 0.1) is 0 Å². The number of rotatable bonds is 18. The zero-order valence-electron chi connectivity index (χ0n) is 33.2. The van der Waals surface area contributed by atoms with Gasteiger partial charge >= 0.3 is 6.09 Å². The molecule has 2 heterocycles. The number of amides is 6. The minimum Gasteiger partial charge on any atom is -0.445 e. The Morgan fingerprint density at radius 3 is 2.28 bits per heavy atom. The van der Waals surface area contributed by atoms with Crippen molar-refractivity contribution in [3.63, 3.8) is 0 Å². The van der Waals surface area contributed by atoms with Gasteiger partial charge in [-0.1, -0.05) is 92.7 Å². The summed E-state index contributed by atoms with van der Waals surface area (Å²) in [6.45, 7) is 4.77. The van der Waals surface area contributed by atoms with E-state index in [4.69, 9.17) is 10.5 Å². The molecule has 0 aliphatic carbocycles. The number of alkyl carbamates (subject to hydrolysis) is 1. The number of nitrogens with zero attached hydrogens (tertiary/aromatic N) is 1. The van der Waals surface area contributed by atoms with E-state index in [9.17, 15) is 28.8 Å². The van der Waals surface area contributed by atoms with Crippen LogP contribution < -0.4 is 27.0 Å². The molecular formula is C44H55N7O7. The molecule has 58 heavy (non-hydrogen) atoms. The molecule has 7 N–H and O–H groups in total. The van der Waals surface area contributed by atoms with Crippen molar-refractivity contribution in [1.82, 2.24) is 31.2 Å². The second kappa shape index (κ2) is 21.5. The van der Waals surface area contributed by atoms with Gasteiger partial charge in [0.1, 0.15) is 30.8 Å². The van der Waals surface area contributed by atoms with Gasteiger partial charge in [-0.2, -0.15) is 0 Å². The van der Waals surface area contributed by atoms with Gasteiger partial charge in [0.15, 0.2) is 0 Å². The van der Waals surface area contributed by atoms with E-state index in [1.165, 1.54) is 0 Å². The third-order valence-corrected chi connectivity index (χ3v) is 10.2. The van der Waals surface area contributed by atoms with Gasteiger partial charge in [0.25, 0.3) is 5.91 Å². The van der Waals surface area contributed by atoms with E-state index in [0.29, 0.717) is 37.4 Å². The molecule has 1 saturated heterocycles. The molecule has 0 saturated carbocycles. The molecule has 4 atom stereocenters. The number of hydrogen-bond acceptors (Lipinski definition) is 8. The number of carbonyl (C=O) groups excluding carboxylic acids is 6. The molecule has 0 unspecified atom stereocenters. The molecule has 14 heteroatoms. The van der Waals surface area contributed by atoms with Gasteiger partial charge in [-0.05, 0) is 67.3 Å². The largest absolute Gasteiger partial charge is 0.445 e. The summed E-state index contributed by atoms with van der Waals surface area (Å²) < 4.78 is 5.36. The summed E-state index contributed by atoms with van der Waals surface area (Å²) in [6, 6.07) is 20.7. The molecule has 1 aliphatic heterocycles. The van der Waals surface area contributed by atoms with E-state index >= 15 is 0 Å². The number of nitrogens with one attached hydrogen (secondary N) is 5. The maximum Gasteiger partial charge on any atom is 0.408 e. The van der Waals surface area contributed by atoms with Crippen LogP contribution in [0.15, 0.2) is 91.1 Å². The highest BCUT2D eigenvalue weighted by molar-refractivity contribution is 6.05. The zero-order chi connectivity index (χ0) is 41.4. The molecule has 308 valence electrons. The Morgan fingerprint density at radius 2 is 1.57 bits per heavy atom. The second-order valence-electron chi connectivity index (χ2n) is 15.0. The number of aromatic nitrogens is 1. The number of imide groups is 1. The Morgan fingerprint density at radius 1 is 0.879 bits per heavy atom. The monoisotopic (exact) mass is 793 g/mol. The summed E-state index contributed by atoms with van der Waals surface area (Å²) >= 11 is 0. The van der Waals surface area contributed by atoms with Gasteiger partial charge in [-0.15, -0.1) is 0 Å². The Labute approximate surface area is 339 Å². The summed E-state index contributed by atoms with van der Waals surface area (Å²) in [5.74, 6) is -2.92. The number of H-pyrrole nitrogens is 1. The van der Waals surface area contributed by atoms with E-state index in [1.807, 2.05) is 50.2 Å². The molecule has 1 aliphatic rings. The van der Waals surface area contributed by atoms with Crippen molar-refractivity contribution in [3.8, 4) is 0 Å². The lowest BCUT2D eigenvalue weighted by Crippen LogP contribution is -2.60. The maximum atomic E-state index is 14.7. The number of fused-ring (bicyclic) bond motifs is 1. The number of ether oxygens (including phenoxy) is 1.